The van der Waals surface area contributed by atoms with Gasteiger partial charge in [-0.25, -0.2) is 4.79 Å². The standard InChI is InChI=1S/C37H44O17/c1-5-37(4,48)12-6-7-16(2)34(47)53-33-29(45)25(41)17(3)49-36(33)50-20-13-21(40)24-22(14-20)51-31(18-8-10-19(39)11-9-18)32(27(24)43)54-35-30(46)28(44)26(42)23(15-38)52-35/h5,7-11,13-14,17,23,25-26,28-30,33,35-36,38-42,44-46,48H,1,6,12,15H2,2-4H3/t17-,23+,25-,26+,28-,29+,30+,33+,35-,36-,37-/m0/s1. The van der Waals surface area contributed by atoms with E-state index >= 15 is 0 Å². The van der Waals surface area contributed by atoms with E-state index in [1.165, 1.54) is 56.3 Å². The minimum Gasteiger partial charge on any atom is -0.508 e. The number of phenols is 2. The number of hydrogen-bond donors (Lipinski definition) is 9. The van der Waals surface area contributed by atoms with Crippen molar-refractivity contribution in [3.8, 4) is 34.3 Å². The highest BCUT2D eigenvalue weighted by molar-refractivity contribution is 5.89. The van der Waals surface area contributed by atoms with E-state index in [9.17, 15) is 55.5 Å². The van der Waals surface area contributed by atoms with E-state index in [4.69, 9.17) is 28.1 Å². The first kappa shape index (κ1) is 40.6. The highest BCUT2D eigenvalue weighted by atomic mass is 16.7. The van der Waals surface area contributed by atoms with Crippen LogP contribution in [0.1, 0.15) is 33.6 Å². The first-order chi connectivity index (χ1) is 25.5. The van der Waals surface area contributed by atoms with Gasteiger partial charge in [-0.1, -0.05) is 12.2 Å². The summed E-state index contributed by atoms with van der Waals surface area (Å²) in [4.78, 5) is 27.0. The highest BCUT2D eigenvalue weighted by Crippen LogP contribution is 2.39. The maximum atomic E-state index is 14.0. The molecule has 5 rings (SSSR count). The molecule has 1 aromatic heterocycles. The SMILES string of the molecule is C=C[C@](C)(O)CCC=C(C)C(=O)O[C@H]1[C@H](Oc2cc(O)c3c(=O)c(O[C@@H]4O[C@H](CO)[C@@H](O)[C@H](O)[C@H]4O)c(-c4ccc(O)cc4)oc3c2)O[C@@H](C)[C@H](O)[C@H]1O. The van der Waals surface area contributed by atoms with Gasteiger partial charge in [-0.3, -0.25) is 4.79 Å². The maximum absolute atomic E-state index is 14.0. The number of aromatic hydroxyl groups is 2. The molecule has 2 aromatic carbocycles. The van der Waals surface area contributed by atoms with Gasteiger partial charge in [0.2, 0.25) is 23.8 Å². The predicted molar refractivity (Wildman–Crippen MR) is 186 cm³/mol. The van der Waals surface area contributed by atoms with Gasteiger partial charge >= 0.3 is 5.97 Å². The molecule has 0 aliphatic carbocycles. The Balaban J connectivity index is 1.50. The molecule has 2 aliphatic heterocycles. The minimum atomic E-state index is -1.91. The fourth-order valence-corrected chi connectivity index (χ4v) is 5.86. The number of ether oxygens (including phenoxy) is 5. The number of fused-ring (bicyclic) bond motifs is 1. The number of allylic oxidation sites excluding steroid dienone is 1. The zero-order valence-electron chi connectivity index (χ0n) is 29.5. The number of phenolic OH excluding ortho intramolecular Hbond substituents is 2. The van der Waals surface area contributed by atoms with Gasteiger partial charge in [-0.15, -0.1) is 6.58 Å². The Morgan fingerprint density at radius 3 is 2.28 bits per heavy atom. The van der Waals surface area contributed by atoms with Gasteiger partial charge in [0.1, 0.15) is 64.8 Å². The normalized spacial score (nSPS) is 30.0. The van der Waals surface area contributed by atoms with E-state index in [2.05, 4.69) is 6.58 Å². The van der Waals surface area contributed by atoms with Crippen LogP contribution < -0.4 is 14.9 Å². The van der Waals surface area contributed by atoms with Crippen molar-refractivity contribution in [3.63, 3.8) is 0 Å². The maximum Gasteiger partial charge on any atom is 0.333 e. The molecule has 2 aliphatic rings. The number of carbonyl (C=O) groups is 1. The van der Waals surface area contributed by atoms with E-state index in [1.54, 1.807) is 6.92 Å². The monoisotopic (exact) mass is 760 g/mol. The fourth-order valence-electron chi connectivity index (χ4n) is 5.86. The lowest BCUT2D eigenvalue weighted by Crippen LogP contribution is -2.60. The molecule has 0 spiro atoms. The molecule has 2 fully saturated rings. The van der Waals surface area contributed by atoms with E-state index in [-0.39, 0.29) is 46.8 Å². The topological polar surface area (TPSA) is 275 Å². The zero-order valence-corrected chi connectivity index (χ0v) is 29.5. The van der Waals surface area contributed by atoms with Crippen molar-refractivity contribution in [2.75, 3.05) is 6.61 Å². The van der Waals surface area contributed by atoms with Crippen molar-refractivity contribution in [1.29, 1.82) is 0 Å². The molecule has 17 nitrogen and oxygen atoms in total. The molecule has 0 unspecified atom stereocenters. The Morgan fingerprint density at radius 2 is 1.63 bits per heavy atom. The quantitative estimate of drug-likeness (QED) is 0.0689. The fraction of sp³-hybridized carbons (Fsp3) is 0.459. The van der Waals surface area contributed by atoms with E-state index in [0.717, 1.165) is 6.07 Å². The Hall–Kier alpha value is -4.56. The van der Waals surface area contributed by atoms with Crippen molar-refractivity contribution in [1.82, 2.24) is 0 Å². The van der Waals surface area contributed by atoms with Crippen LogP contribution in [0.2, 0.25) is 0 Å². The summed E-state index contributed by atoms with van der Waals surface area (Å²) in [5, 5.41) is 92.9. The summed E-state index contributed by atoms with van der Waals surface area (Å²) in [7, 11) is 0. The van der Waals surface area contributed by atoms with E-state index in [0.29, 0.717) is 0 Å². The molecule has 9 N–H and O–H groups in total. The smallest absolute Gasteiger partial charge is 0.333 e. The summed E-state index contributed by atoms with van der Waals surface area (Å²) in [5.41, 5.74) is -2.16. The van der Waals surface area contributed by atoms with Crippen molar-refractivity contribution >= 4 is 16.9 Å². The molecule has 0 bridgehead atoms. The highest BCUT2D eigenvalue weighted by Gasteiger charge is 2.47. The van der Waals surface area contributed by atoms with Gasteiger partial charge in [0.05, 0.1) is 18.3 Å². The van der Waals surface area contributed by atoms with Gasteiger partial charge in [0.15, 0.2) is 11.9 Å². The molecule has 2 saturated heterocycles. The molecule has 0 amide bonds. The largest absolute Gasteiger partial charge is 0.508 e. The van der Waals surface area contributed by atoms with Gasteiger partial charge in [-0.2, -0.15) is 0 Å². The first-order valence-electron chi connectivity index (χ1n) is 17.0. The van der Waals surface area contributed by atoms with E-state index in [1.807, 2.05) is 0 Å². The molecule has 54 heavy (non-hydrogen) atoms. The number of carbonyl (C=O) groups excluding carboxylic acids is 1. The lowest BCUT2D eigenvalue weighted by Gasteiger charge is -2.40. The van der Waals surface area contributed by atoms with Crippen molar-refractivity contribution in [2.24, 2.45) is 0 Å². The van der Waals surface area contributed by atoms with Gasteiger partial charge < -0.3 is 74.1 Å². The Labute approximate surface area is 308 Å². The predicted octanol–water partition coefficient (Wildman–Crippen LogP) is 0.471. The van der Waals surface area contributed by atoms with Crippen molar-refractivity contribution in [2.45, 2.75) is 101 Å². The molecule has 17 heteroatoms. The summed E-state index contributed by atoms with van der Waals surface area (Å²) in [6, 6.07) is 7.45. The average Bonchev–Trinajstić information content (AvgIpc) is 3.13. The van der Waals surface area contributed by atoms with Crippen LogP contribution in [0.15, 0.2) is 69.9 Å². The molecular formula is C37H44O17. The van der Waals surface area contributed by atoms with Gasteiger partial charge in [0, 0.05) is 23.3 Å². The van der Waals surface area contributed by atoms with Crippen molar-refractivity contribution < 1.29 is 78.9 Å². The molecule has 0 radical (unpaired) electrons. The van der Waals surface area contributed by atoms with E-state index < -0.39 is 102 Å². The molecule has 3 aromatic rings. The summed E-state index contributed by atoms with van der Waals surface area (Å²) < 4.78 is 34.4. The average molecular weight is 761 g/mol. The Kier molecular flexibility index (Phi) is 12.4. The summed E-state index contributed by atoms with van der Waals surface area (Å²) in [5.74, 6) is -2.85. The van der Waals surface area contributed by atoms with Gasteiger partial charge in [-0.05, 0) is 57.9 Å². The van der Waals surface area contributed by atoms with Crippen LogP contribution in [0.3, 0.4) is 0 Å². The number of rotatable bonds is 12. The van der Waals surface area contributed by atoms with Crippen LogP contribution >= 0.6 is 0 Å². The number of esters is 1. The van der Waals surface area contributed by atoms with Crippen LogP contribution in [-0.4, -0.2) is 126 Å². The van der Waals surface area contributed by atoms with Crippen molar-refractivity contribution in [3.05, 3.63) is 70.9 Å². The minimum absolute atomic E-state index is 0.127. The van der Waals surface area contributed by atoms with Crippen LogP contribution in [0.5, 0.6) is 23.0 Å². The van der Waals surface area contributed by atoms with Crippen LogP contribution in [0.25, 0.3) is 22.3 Å². The molecule has 3 heterocycles. The molecular weight excluding hydrogens is 716 g/mol. The molecule has 11 atom stereocenters. The summed E-state index contributed by atoms with van der Waals surface area (Å²) in [6.45, 7) is 7.25. The lowest BCUT2D eigenvalue weighted by atomic mass is 9.99. The van der Waals surface area contributed by atoms with Crippen LogP contribution in [0, 0.1) is 0 Å². The first-order valence-corrected chi connectivity index (χ1v) is 17.0. The number of hydrogen-bond acceptors (Lipinski definition) is 17. The molecule has 0 saturated carbocycles. The third-order valence-electron chi connectivity index (χ3n) is 9.26. The second-order valence-electron chi connectivity index (χ2n) is 13.4. The van der Waals surface area contributed by atoms with Crippen LogP contribution in [0.4, 0.5) is 0 Å². The lowest BCUT2D eigenvalue weighted by molar-refractivity contribution is -0.277. The summed E-state index contributed by atoms with van der Waals surface area (Å²) >= 11 is 0. The van der Waals surface area contributed by atoms with Crippen LogP contribution in [-0.2, 0) is 19.0 Å². The Morgan fingerprint density at radius 1 is 0.944 bits per heavy atom. The third kappa shape index (κ3) is 8.54. The Bertz CT molecular complexity index is 1900. The second-order valence-corrected chi connectivity index (χ2v) is 13.4. The second kappa shape index (κ2) is 16.4. The molecule has 294 valence electrons. The zero-order chi connectivity index (χ0) is 39.6. The summed E-state index contributed by atoms with van der Waals surface area (Å²) in [6.07, 6.45) is -12.6. The number of aliphatic hydroxyl groups is 7. The number of benzene rings is 2. The third-order valence-corrected chi connectivity index (χ3v) is 9.26. The number of aliphatic hydroxyl groups excluding tert-OH is 6. The van der Waals surface area contributed by atoms with Gasteiger partial charge in [0.25, 0.3) is 0 Å².